The summed E-state index contributed by atoms with van der Waals surface area (Å²) in [5.74, 6) is -2.27. The van der Waals surface area contributed by atoms with Gasteiger partial charge in [-0.1, -0.05) is 0 Å². The zero-order chi connectivity index (χ0) is 32.4. The normalized spacial score (nSPS) is 14.3. The fraction of sp³-hybridized carbons (Fsp3) is 0.308. The lowest BCUT2D eigenvalue weighted by Gasteiger charge is -2.36. The Kier molecular flexibility index (Phi) is 8.83. The molecule has 0 amide bonds. The molecule has 1 aliphatic rings. The standard InChI is InChI=1S/C24H20F6N6O.C2HF3O2/c1-37-19-5-4-14(13-32-19)16-11-15(23(25,26)27)12-18-20(16)34-22(33-18)36-9-7-35(8-10-36)21-17(24(28,29)30)3-2-6-31-21;3-2(4,5)1(6)7/h2-6,11-13H,7-10H2,1H3,(H,33,34);(H,6,7). The van der Waals surface area contributed by atoms with E-state index in [1.807, 2.05) is 0 Å². The molecule has 0 unspecified atom stereocenters. The summed E-state index contributed by atoms with van der Waals surface area (Å²) in [4.78, 5) is 27.8. The van der Waals surface area contributed by atoms with E-state index in [1.54, 1.807) is 17.0 Å². The predicted octanol–water partition coefficient (Wildman–Crippen LogP) is 6.03. The summed E-state index contributed by atoms with van der Waals surface area (Å²) in [5.41, 5.74) is -0.493. The first kappa shape index (κ1) is 32.2. The largest absolute Gasteiger partial charge is 0.490 e. The topological polar surface area (TPSA) is 107 Å². The average molecular weight is 636 g/mol. The predicted molar refractivity (Wildman–Crippen MR) is 138 cm³/mol. The Balaban J connectivity index is 0.000000566. The van der Waals surface area contributed by atoms with E-state index in [0.29, 0.717) is 36.0 Å². The van der Waals surface area contributed by atoms with Crippen molar-refractivity contribution in [1.82, 2.24) is 19.9 Å². The number of rotatable bonds is 4. The van der Waals surface area contributed by atoms with Gasteiger partial charge in [-0.05, 0) is 30.3 Å². The third-order valence-corrected chi connectivity index (χ3v) is 6.37. The Morgan fingerprint density at radius 3 is 2.07 bits per heavy atom. The molecule has 3 aromatic heterocycles. The van der Waals surface area contributed by atoms with Gasteiger partial charge in [0, 0.05) is 55.8 Å². The first-order valence-corrected chi connectivity index (χ1v) is 12.4. The lowest BCUT2D eigenvalue weighted by molar-refractivity contribution is -0.192. The molecular weight excluding hydrogens is 615 g/mol. The van der Waals surface area contributed by atoms with Gasteiger partial charge in [0.2, 0.25) is 11.8 Å². The van der Waals surface area contributed by atoms with Gasteiger partial charge < -0.3 is 24.6 Å². The molecule has 0 aliphatic carbocycles. The van der Waals surface area contributed by atoms with Crippen LogP contribution in [-0.2, 0) is 17.1 Å². The van der Waals surface area contributed by atoms with E-state index in [9.17, 15) is 39.5 Å². The van der Waals surface area contributed by atoms with E-state index in [4.69, 9.17) is 14.6 Å². The number of halogens is 9. The first-order valence-electron chi connectivity index (χ1n) is 12.4. The van der Waals surface area contributed by atoms with E-state index in [2.05, 4.69) is 19.9 Å². The van der Waals surface area contributed by atoms with Crippen molar-refractivity contribution in [3.8, 4) is 17.0 Å². The monoisotopic (exact) mass is 636 g/mol. The molecule has 0 radical (unpaired) electrons. The SMILES string of the molecule is COc1ccc(-c2cc(C(F)(F)F)cc3[nH]c(N4CCN(c5ncccc5C(F)(F)F)CC4)nc23)cn1.O=C(O)C(F)(F)F. The van der Waals surface area contributed by atoms with Crippen LogP contribution >= 0.6 is 0 Å². The molecule has 1 aliphatic heterocycles. The van der Waals surface area contributed by atoms with Gasteiger partial charge in [-0.15, -0.1) is 0 Å². The zero-order valence-corrected chi connectivity index (χ0v) is 22.3. The number of aromatic nitrogens is 4. The van der Waals surface area contributed by atoms with Gasteiger partial charge in [0.05, 0.1) is 29.3 Å². The number of hydrogen-bond acceptors (Lipinski definition) is 7. The molecule has 44 heavy (non-hydrogen) atoms. The van der Waals surface area contributed by atoms with Crippen molar-refractivity contribution >= 4 is 28.8 Å². The fourth-order valence-electron chi connectivity index (χ4n) is 4.30. The lowest BCUT2D eigenvalue weighted by atomic mass is 10.0. The van der Waals surface area contributed by atoms with Crippen LogP contribution in [0.15, 0.2) is 48.8 Å². The highest BCUT2D eigenvalue weighted by Crippen LogP contribution is 2.38. The van der Waals surface area contributed by atoms with Crippen LogP contribution in [-0.4, -0.2) is 70.5 Å². The summed E-state index contributed by atoms with van der Waals surface area (Å²) in [5, 5.41) is 7.12. The van der Waals surface area contributed by atoms with E-state index >= 15 is 0 Å². The average Bonchev–Trinajstić information content (AvgIpc) is 3.40. The highest BCUT2D eigenvalue weighted by molar-refractivity contribution is 5.94. The number of benzene rings is 1. The van der Waals surface area contributed by atoms with Gasteiger partial charge in [0.25, 0.3) is 0 Å². The molecule has 4 heterocycles. The van der Waals surface area contributed by atoms with Gasteiger partial charge in [-0.2, -0.15) is 39.5 Å². The second kappa shape index (κ2) is 12.1. The molecular formula is C26H21F9N6O3. The Labute approximate surface area is 241 Å². The van der Waals surface area contributed by atoms with E-state index in [1.165, 1.54) is 30.5 Å². The number of carbonyl (C=O) groups is 1. The minimum atomic E-state index is -5.08. The molecule has 4 aromatic rings. The number of aromatic amines is 1. The number of fused-ring (bicyclic) bond motifs is 1. The van der Waals surface area contributed by atoms with Crippen molar-refractivity contribution in [3.05, 3.63) is 59.9 Å². The third kappa shape index (κ3) is 7.23. The van der Waals surface area contributed by atoms with Gasteiger partial charge in [-0.25, -0.2) is 19.7 Å². The van der Waals surface area contributed by atoms with Gasteiger partial charge in [-0.3, -0.25) is 0 Å². The van der Waals surface area contributed by atoms with Crippen LogP contribution in [0.1, 0.15) is 11.1 Å². The maximum atomic E-state index is 13.6. The van der Waals surface area contributed by atoms with Crippen LogP contribution in [0.2, 0.25) is 0 Å². The second-order valence-electron chi connectivity index (χ2n) is 9.22. The summed E-state index contributed by atoms with van der Waals surface area (Å²) in [6.45, 7) is 1.03. The Morgan fingerprint density at radius 1 is 0.909 bits per heavy atom. The molecule has 1 aromatic carbocycles. The summed E-state index contributed by atoms with van der Waals surface area (Å²) in [6, 6.07) is 7.38. The van der Waals surface area contributed by atoms with Crippen molar-refractivity contribution in [1.29, 1.82) is 0 Å². The number of H-pyrrole nitrogens is 1. The summed E-state index contributed by atoms with van der Waals surface area (Å²) < 4.78 is 118. The zero-order valence-electron chi connectivity index (χ0n) is 22.3. The van der Waals surface area contributed by atoms with E-state index in [-0.39, 0.29) is 30.0 Å². The number of carboxylic acid groups (broad SMARTS) is 1. The van der Waals surface area contributed by atoms with E-state index < -0.39 is 35.6 Å². The molecule has 1 saturated heterocycles. The number of nitrogens with one attached hydrogen (secondary N) is 1. The molecule has 0 bridgehead atoms. The quantitative estimate of drug-likeness (QED) is 0.262. The van der Waals surface area contributed by atoms with E-state index in [0.717, 1.165) is 18.2 Å². The summed E-state index contributed by atoms with van der Waals surface area (Å²) in [6.07, 6.45) is -11.5. The smallest absolute Gasteiger partial charge is 0.481 e. The minimum absolute atomic E-state index is 0.150. The second-order valence-corrected chi connectivity index (χ2v) is 9.22. The Bertz CT molecular complexity index is 1610. The molecule has 18 heteroatoms. The van der Waals surface area contributed by atoms with Crippen LogP contribution < -0.4 is 14.5 Å². The molecule has 0 spiro atoms. The molecule has 1 fully saturated rings. The maximum Gasteiger partial charge on any atom is 0.490 e. The molecule has 9 nitrogen and oxygen atoms in total. The number of alkyl halides is 9. The summed E-state index contributed by atoms with van der Waals surface area (Å²) >= 11 is 0. The van der Waals surface area contributed by atoms with Crippen LogP contribution in [0, 0.1) is 0 Å². The third-order valence-electron chi connectivity index (χ3n) is 6.37. The summed E-state index contributed by atoms with van der Waals surface area (Å²) in [7, 11) is 1.43. The molecule has 0 saturated carbocycles. The lowest BCUT2D eigenvalue weighted by Crippen LogP contribution is -2.47. The molecule has 2 N–H and O–H groups in total. The number of aliphatic carboxylic acids is 1. The molecule has 0 atom stereocenters. The van der Waals surface area contributed by atoms with Crippen molar-refractivity contribution in [2.45, 2.75) is 18.5 Å². The number of imidazole rings is 1. The minimum Gasteiger partial charge on any atom is -0.481 e. The van der Waals surface area contributed by atoms with Crippen molar-refractivity contribution < 1.29 is 54.2 Å². The van der Waals surface area contributed by atoms with Crippen LogP contribution in [0.25, 0.3) is 22.2 Å². The Morgan fingerprint density at radius 2 is 1.55 bits per heavy atom. The van der Waals surface area contributed by atoms with Crippen LogP contribution in [0.3, 0.4) is 0 Å². The number of piperazine rings is 1. The van der Waals surface area contributed by atoms with Gasteiger partial charge >= 0.3 is 24.5 Å². The number of anilines is 2. The van der Waals surface area contributed by atoms with Crippen LogP contribution in [0.4, 0.5) is 51.3 Å². The maximum absolute atomic E-state index is 13.6. The number of methoxy groups -OCH3 is 1. The highest BCUT2D eigenvalue weighted by Gasteiger charge is 2.38. The molecule has 236 valence electrons. The van der Waals surface area contributed by atoms with Gasteiger partial charge in [0.15, 0.2) is 0 Å². The number of carboxylic acids is 1. The highest BCUT2D eigenvalue weighted by atomic mass is 19.4. The first-order chi connectivity index (χ1) is 20.5. The Hall–Kier alpha value is -4.77. The number of hydrogen-bond donors (Lipinski definition) is 2. The van der Waals surface area contributed by atoms with Crippen molar-refractivity contribution in [3.63, 3.8) is 0 Å². The van der Waals surface area contributed by atoms with Crippen molar-refractivity contribution in [2.24, 2.45) is 0 Å². The van der Waals surface area contributed by atoms with Crippen molar-refractivity contribution in [2.75, 3.05) is 43.1 Å². The molecule has 5 rings (SSSR count). The fourth-order valence-corrected chi connectivity index (χ4v) is 4.30. The number of ether oxygens (including phenoxy) is 1. The van der Waals surface area contributed by atoms with Gasteiger partial charge in [0.1, 0.15) is 5.82 Å². The van der Waals surface area contributed by atoms with Crippen LogP contribution in [0.5, 0.6) is 5.88 Å². The number of nitrogens with zero attached hydrogens (tertiary/aromatic N) is 5. The number of pyridine rings is 2.